The van der Waals surface area contributed by atoms with Gasteiger partial charge in [0.1, 0.15) is 18.0 Å². The molecule has 0 unspecified atom stereocenters. The second-order valence-electron chi connectivity index (χ2n) is 4.35. The molecule has 0 saturated carbocycles. The molecule has 0 atom stereocenters. The first-order chi connectivity index (χ1) is 8.72. The summed E-state index contributed by atoms with van der Waals surface area (Å²) in [6.07, 6.45) is 5.53. The van der Waals surface area contributed by atoms with Crippen LogP contribution >= 0.6 is 0 Å². The van der Waals surface area contributed by atoms with Gasteiger partial charge in [0, 0.05) is 39.4 Å². The molecule has 2 rings (SSSR count). The number of hydrogen-bond acceptors (Lipinski definition) is 6. The summed E-state index contributed by atoms with van der Waals surface area (Å²) in [6, 6.07) is 2.27. The molecule has 96 valence electrons. The first kappa shape index (κ1) is 12.6. The van der Waals surface area contributed by atoms with Crippen molar-refractivity contribution in [3.63, 3.8) is 0 Å². The number of anilines is 2. The van der Waals surface area contributed by atoms with Gasteiger partial charge < -0.3 is 9.64 Å². The zero-order chi connectivity index (χ0) is 13.0. The van der Waals surface area contributed by atoms with Crippen molar-refractivity contribution < 1.29 is 4.74 Å². The fraction of sp³-hybridized carbons (Fsp3) is 0.583. The number of rotatable bonds is 3. The fourth-order valence-electron chi connectivity index (χ4n) is 2.02. The van der Waals surface area contributed by atoms with E-state index in [0.717, 1.165) is 31.9 Å². The van der Waals surface area contributed by atoms with E-state index in [9.17, 15) is 0 Å². The highest BCUT2D eigenvalue weighted by atomic mass is 16.5. The summed E-state index contributed by atoms with van der Waals surface area (Å²) >= 11 is 0. The van der Waals surface area contributed by atoms with E-state index >= 15 is 0 Å². The van der Waals surface area contributed by atoms with E-state index in [1.807, 2.05) is 19.3 Å². The quantitative estimate of drug-likeness (QED) is 0.586. The van der Waals surface area contributed by atoms with Crippen LogP contribution in [0.3, 0.4) is 0 Å². The number of hydrogen-bond donors (Lipinski definition) is 0. The predicted octanol–water partition coefficient (Wildman–Crippen LogP) is 1.01. The summed E-state index contributed by atoms with van der Waals surface area (Å²) in [5.74, 6) is 1.45. The average Bonchev–Trinajstić information content (AvgIpc) is 2.46. The maximum Gasteiger partial charge on any atom is 0.185 e. The molecule has 0 amide bonds. The van der Waals surface area contributed by atoms with E-state index in [4.69, 9.17) is 10.00 Å². The maximum atomic E-state index is 8.85. The molecule has 6 heteroatoms. The molecule has 1 aliphatic rings. The maximum absolute atomic E-state index is 8.85. The predicted molar refractivity (Wildman–Crippen MR) is 68.3 cm³/mol. The SMILES string of the molecule is CN(C#N)c1cc(N(C)C2CCOCC2)ncn1. The highest BCUT2D eigenvalue weighted by Crippen LogP contribution is 2.21. The highest BCUT2D eigenvalue weighted by Gasteiger charge is 2.20. The van der Waals surface area contributed by atoms with Gasteiger partial charge in [-0.3, -0.25) is 4.90 Å². The van der Waals surface area contributed by atoms with Gasteiger partial charge in [0.05, 0.1) is 0 Å². The van der Waals surface area contributed by atoms with Crippen LogP contribution in [0.5, 0.6) is 0 Å². The van der Waals surface area contributed by atoms with Gasteiger partial charge in [-0.05, 0) is 12.8 Å². The first-order valence-electron chi connectivity index (χ1n) is 5.98. The van der Waals surface area contributed by atoms with Crippen LogP contribution < -0.4 is 9.80 Å². The summed E-state index contributed by atoms with van der Waals surface area (Å²) in [4.78, 5) is 11.9. The monoisotopic (exact) mass is 247 g/mol. The summed E-state index contributed by atoms with van der Waals surface area (Å²) in [7, 11) is 3.70. The molecule has 0 radical (unpaired) electrons. The number of aromatic nitrogens is 2. The van der Waals surface area contributed by atoms with Crippen LogP contribution in [0.15, 0.2) is 12.4 Å². The Labute approximate surface area is 107 Å². The van der Waals surface area contributed by atoms with Gasteiger partial charge in [0.2, 0.25) is 0 Å². The molecule has 6 nitrogen and oxygen atoms in total. The summed E-state index contributed by atoms with van der Waals surface area (Å²) in [5, 5.41) is 8.85. The lowest BCUT2D eigenvalue weighted by Gasteiger charge is -2.32. The summed E-state index contributed by atoms with van der Waals surface area (Å²) in [6.45, 7) is 1.59. The minimum Gasteiger partial charge on any atom is -0.381 e. The summed E-state index contributed by atoms with van der Waals surface area (Å²) < 4.78 is 5.35. The van der Waals surface area contributed by atoms with E-state index in [1.165, 1.54) is 11.2 Å². The van der Waals surface area contributed by atoms with E-state index in [-0.39, 0.29) is 0 Å². The zero-order valence-corrected chi connectivity index (χ0v) is 10.7. The lowest BCUT2D eigenvalue weighted by Crippen LogP contribution is -2.37. The Morgan fingerprint density at radius 1 is 1.28 bits per heavy atom. The molecule has 1 aliphatic heterocycles. The molecule has 1 aromatic heterocycles. The van der Waals surface area contributed by atoms with Crippen molar-refractivity contribution >= 4 is 11.6 Å². The van der Waals surface area contributed by atoms with Gasteiger partial charge in [0.15, 0.2) is 6.19 Å². The smallest absolute Gasteiger partial charge is 0.185 e. The van der Waals surface area contributed by atoms with Gasteiger partial charge in [-0.25, -0.2) is 9.97 Å². The Morgan fingerprint density at radius 3 is 2.61 bits per heavy atom. The Hall–Kier alpha value is -1.87. The lowest BCUT2D eigenvalue weighted by molar-refractivity contribution is 0.0853. The number of ether oxygens (including phenoxy) is 1. The van der Waals surface area contributed by atoms with Crippen molar-refractivity contribution in [2.75, 3.05) is 37.1 Å². The normalized spacial score (nSPS) is 16.1. The molecular weight excluding hydrogens is 230 g/mol. The van der Waals surface area contributed by atoms with Crippen molar-refractivity contribution in [2.45, 2.75) is 18.9 Å². The van der Waals surface area contributed by atoms with E-state index in [1.54, 1.807) is 7.05 Å². The molecule has 0 N–H and O–H groups in total. The largest absolute Gasteiger partial charge is 0.381 e. The zero-order valence-electron chi connectivity index (χ0n) is 10.7. The van der Waals surface area contributed by atoms with Gasteiger partial charge in [-0.1, -0.05) is 0 Å². The molecule has 1 fully saturated rings. The number of nitrogens with zero attached hydrogens (tertiary/aromatic N) is 5. The molecule has 2 heterocycles. The molecule has 0 bridgehead atoms. The van der Waals surface area contributed by atoms with Crippen LogP contribution in [0.25, 0.3) is 0 Å². The Balaban J connectivity index is 2.14. The molecule has 1 saturated heterocycles. The molecule has 0 aromatic carbocycles. The molecule has 0 spiro atoms. The van der Waals surface area contributed by atoms with E-state index in [0.29, 0.717) is 11.9 Å². The third kappa shape index (κ3) is 2.68. The first-order valence-corrected chi connectivity index (χ1v) is 5.98. The van der Waals surface area contributed by atoms with Crippen LogP contribution in [0.4, 0.5) is 11.6 Å². The Kier molecular flexibility index (Phi) is 3.95. The molecule has 0 aliphatic carbocycles. The van der Waals surface area contributed by atoms with Crippen LogP contribution in [0.1, 0.15) is 12.8 Å². The standard InChI is InChI=1S/C12H17N5O/c1-16(8-13)11-7-12(15-9-14-11)17(2)10-3-5-18-6-4-10/h7,9-10H,3-6H2,1-2H3. The third-order valence-corrected chi connectivity index (χ3v) is 3.23. The van der Waals surface area contributed by atoms with Crippen LogP contribution in [0.2, 0.25) is 0 Å². The third-order valence-electron chi connectivity index (χ3n) is 3.23. The van der Waals surface area contributed by atoms with Gasteiger partial charge in [-0.2, -0.15) is 5.26 Å². The summed E-state index contributed by atoms with van der Waals surface area (Å²) in [5.41, 5.74) is 0. The van der Waals surface area contributed by atoms with Crippen LogP contribution in [0, 0.1) is 11.5 Å². The number of nitriles is 1. The van der Waals surface area contributed by atoms with Crippen molar-refractivity contribution in [3.8, 4) is 6.19 Å². The van der Waals surface area contributed by atoms with Crippen molar-refractivity contribution in [3.05, 3.63) is 12.4 Å². The second kappa shape index (κ2) is 5.65. The van der Waals surface area contributed by atoms with Crippen LogP contribution in [-0.4, -0.2) is 43.3 Å². The second-order valence-corrected chi connectivity index (χ2v) is 4.35. The average molecular weight is 247 g/mol. The minimum atomic E-state index is 0.439. The lowest BCUT2D eigenvalue weighted by atomic mass is 10.1. The minimum absolute atomic E-state index is 0.439. The van der Waals surface area contributed by atoms with Crippen molar-refractivity contribution in [1.29, 1.82) is 5.26 Å². The molecule has 18 heavy (non-hydrogen) atoms. The highest BCUT2D eigenvalue weighted by molar-refractivity contribution is 5.51. The Morgan fingerprint density at radius 2 is 1.94 bits per heavy atom. The van der Waals surface area contributed by atoms with E-state index < -0.39 is 0 Å². The van der Waals surface area contributed by atoms with Gasteiger partial charge in [-0.15, -0.1) is 0 Å². The fourth-order valence-corrected chi connectivity index (χ4v) is 2.02. The van der Waals surface area contributed by atoms with E-state index in [2.05, 4.69) is 14.9 Å². The molecular formula is C12H17N5O. The van der Waals surface area contributed by atoms with Gasteiger partial charge in [0.25, 0.3) is 0 Å². The topological polar surface area (TPSA) is 65.3 Å². The van der Waals surface area contributed by atoms with Gasteiger partial charge >= 0.3 is 0 Å². The van der Waals surface area contributed by atoms with Crippen LogP contribution in [-0.2, 0) is 4.74 Å². The molecule has 1 aromatic rings. The van der Waals surface area contributed by atoms with Crippen molar-refractivity contribution in [1.82, 2.24) is 9.97 Å². The van der Waals surface area contributed by atoms with Crippen molar-refractivity contribution in [2.24, 2.45) is 0 Å². The Bertz CT molecular complexity index is 438.